The summed E-state index contributed by atoms with van der Waals surface area (Å²) in [5.41, 5.74) is 10.4. The zero-order chi connectivity index (χ0) is 27.6. The van der Waals surface area contributed by atoms with E-state index in [1.54, 1.807) is 32.1 Å². The zero-order valence-electron chi connectivity index (χ0n) is 24.4. The normalized spacial score (nSPS) is 22.7. The van der Waals surface area contributed by atoms with E-state index in [9.17, 15) is 0 Å². The van der Waals surface area contributed by atoms with Gasteiger partial charge in [-0.05, 0) is 17.5 Å². The molecular formula is C40H36Cl2Ti-2. The molecular weight excluding hydrogens is 599 g/mol. The molecule has 0 atom stereocenters. The first kappa shape index (κ1) is 31.9. The molecule has 0 aromatic heterocycles. The van der Waals surface area contributed by atoms with E-state index < -0.39 is 0 Å². The summed E-state index contributed by atoms with van der Waals surface area (Å²) in [4.78, 5) is 0. The second-order valence-electron chi connectivity index (χ2n) is 12.3. The minimum Gasteiger partial charge on any atom is -0.179 e. The van der Waals surface area contributed by atoms with Crippen molar-refractivity contribution in [2.45, 2.75) is 44.9 Å². The van der Waals surface area contributed by atoms with Crippen molar-refractivity contribution in [1.29, 1.82) is 0 Å². The molecule has 4 aromatic rings. The van der Waals surface area contributed by atoms with E-state index in [1.807, 2.05) is 16.0 Å². The Morgan fingerprint density at radius 1 is 0.628 bits per heavy atom. The molecule has 0 amide bonds. The standard InChI is InChI=1S/C25H17.C10H14.C5H5.2ClH.Ti/c1-3-7-18(8-4-1)20-11-13-22-15-23-14-12-21(17-25(23)24(22)16-20)19-9-5-2-6-10-19;1-7-2-9-4-8(1)5-10(3-7)6-9;1-2-4-5-3-1;;;/h1-13,16-17H,15H2;7-10H,1-5H2;1-3H,4H2;2*1H;/q-1;;-1;;;+2/p-2. The number of hydrogen-bond donors (Lipinski definition) is 0. The Hall–Kier alpha value is -2.48. The maximum absolute atomic E-state index is 3.52. The van der Waals surface area contributed by atoms with Gasteiger partial charge in [-0.2, -0.15) is 29.8 Å². The molecule has 4 saturated carbocycles. The Morgan fingerprint density at radius 3 is 1.79 bits per heavy atom. The number of hydrogen-bond acceptors (Lipinski definition) is 0. The summed E-state index contributed by atoms with van der Waals surface area (Å²) in [6.45, 7) is 0. The summed E-state index contributed by atoms with van der Waals surface area (Å²) in [6.07, 6.45) is 18.8. The van der Waals surface area contributed by atoms with Gasteiger partial charge in [0, 0.05) is 0 Å². The molecule has 3 heteroatoms. The van der Waals surface area contributed by atoms with Crippen LogP contribution in [0.3, 0.4) is 0 Å². The van der Waals surface area contributed by atoms with Gasteiger partial charge in [0.1, 0.15) is 0 Å². The molecule has 0 unspecified atom stereocenters. The second kappa shape index (κ2) is 14.5. The predicted molar refractivity (Wildman–Crippen MR) is 168 cm³/mol. The van der Waals surface area contributed by atoms with Crippen LogP contribution in [0.25, 0.3) is 33.4 Å². The van der Waals surface area contributed by atoms with E-state index in [2.05, 4.69) is 129 Å². The van der Waals surface area contributed by atoms with Crippen molar-refractivity contribution in [2.75, 3.05) is 0 Å². The summed E-state index contributed by atoms with van der Waals surface area (Å²) in [7, 11) is 0. The molecule has 4 bridgehead atoms. The van der Waals surface area contributed by atoms with E-state index in [0.717, 1.165) is 36.5 Å². The summed E-state index contributed by atoms with van der Waals surface area (Å²) < 4.78 is 1.87. The molecule has 216 valence electrons. The van der Waals surface area contributed by atoms with Crippen LogP contribution >= 0.6 is 0 Å². The molecule has 6 aliphatic rings. The van der Waals surface area contributed by atoms with Crippen molar-refractivity contribution in [3.8, 4) is 33.4 Å². The summed E-state index contributed by atoms with van der Waals surface area (Å²) >= 11 is 2.42. The fourth-order valence-electron chi connectivity index (χ4n) is 7.72. The molecule has 4 fully saturated rings. The molecule has 10 rings (SSSR count). The van der Waals surface area contributed by atoms with Crippen LogP contribution in [0.2, 0.25) is 0 Å². The zero-order valence-corrected chi connectivity index (χ0v) is 27.5. The summed E-state index contributed by atoms with van der Waals surface area (Å²) in [5, 5.41) is 0. The topological polar surface area (TPSA) is 0 Å². The molecule has 43 heavy (non-hydrogen) atoms. The van der Waals surface area contributed by atoms with Gasteiger partial charge in [-0.1, -0.05) is 95.6 Å². The van der Waals surface area contributed by atoms with Crippen LogP contribution < -0.4 is 24.8 Å². The summed E-state index contributed by atoms with van der Waals surface area (Å²) in [6, 6.07) is 35.9. The summed E-state index contributed by atoms with van der Waals surface area (Å²) in [5.74, 6) is 4.40. The number of halogens is 2. The average molecular weight is 636 g/mol. The van der Waals surface area contributed by atoms with Gasteiger partial charge in [-0.25, -0.2) is 12.2 Å². The number of benzene rings is 4. The van der Waals surface area contributed by atoms with Gasteiger partial charge in [0.2, 0.25) is 0 Å². The van der Waals surface area contributed by atoms with Crippen LogP contribution in [0, 0.1) is 35.8 Å². The monoisotopic (exact) mass is 634 g/mol. The van der Waals surface area contributed by atoms with Crippen LogP contribution in [0.4, 0.5) is 0 Å². The van der Waals surface area contributed by atoms with Crippen LogP contribution in [0.1, 0.15) is 49.7 Å². The Labute approximate surface area is 281 Å². The van der Waals surface area contributed by atoms with E-state index in [-0.39, 0.29) is 24.8 Å². The van der Waals surface area contributed by atoms with Crippen molar-refractivity contribution in [3.05, 3.63) is 132 Å². The van der Waals surface area contributed by atoms with E-state index in [0.29, 0.717) is 0 Å². The molecule has 0 spiro atoms. The van der Waals surface area contributed by atoms with Gasteiger partial charge >= 0.3 is 79.6 Å². The Kier molecular flexibility index (Phi) is 10.8. The van der Waals surface area contributed by atoms with Crippen molar-refractivity contribution >= 4 is 3.81 Å². The van der Waals surface area contributed by atoms with Gasteiger partial charge < -0.3 is 24.8 Å². The molecule has 4 aromatic carbocycles. The maximum atomic E-state index is 3.52. The van der Waals surface area contributed by atoms with Gasteiger partial charge in [-0.15, -0.1) is 17.5 Å². The Morgan fingerprint density at radius 2 is 1.23 bits per heavy atom. The number of fused-ring (bicyclic) bond motifs is 3. The van der Waals surface area contributed by atoms with Crippen LogP contribution in [-0.2, 0) is 26.4 Å². The van der Waals surface area contributed by atoms with Crippen LogP contribution in [-0.4, -0.2) is 3.81 Å². The average Bonchev–Trinajstić information content (AvgIpc) is 3.72. The third-order valence-electron chi connectivity index (χ3n) is 9.61. The first-order valence-corrected chi connectivity index (χ1v) is 16.1. The third-order valence-corrected chi connectivity index (χ3v) is 10.9. The van der Waals surface area contributed by atoms with Crippen molar-refractivity contribution in [3.63, 3.8) is 0 Å². The fraction of sp³-hybridized carbons (Fsp3) is 0.275. The quantitative estimate of drug-likeness (QED) is 0.204. The van der Waals surface area contributed by atoms with E-state index >= 15 is 0 Å². The largest absolute Gasteiger partial charge is 0.179 e. The minimum absolute atomic E-state index is 0. The van der Waals surface area contributed by atoms with Gasteiger partial charge in [0.05, 0.1) is 0 Å². The third kappa shape index (κ3) is 7.10. The molecule has 6 aliphatic carbocycles. The van der Waals surface area contributed by atoms with Gasteiger partial charge in [0.15, 0.2) is 0 Å². The predicted octanol–water partition coefficient (Wildman–Crippen LogP) is 3.87. The molecule has 0 heterocycles. The molecule has 0 N–H and O–H groups in total. The molecule has 0 saturated heterocycles. The Balaban J connectivity index is 0.000000168. The Bertz CT molecular complexity index is 1480. The second-order valence-corrected chi connectivity index (χ2v) is 13.2. The number of rotatable bonds is 2. The molecule has 0 aliphatic heterocycles. The van der Waals surface area contributed by atoms with Crippen molar-refractivity contribution in [1.82, 2.24) is 0 Å². The van der Waals surface area contributed by atoms with Crippen molar-refractivity contribution < 1.29 is 44.8 Å². The van der Waals surface area contributed by atoms with Gasteiger partial charge in [-0.3, -0.25) is 6.08 Å². The smallest absolute Gasteiger partial charge is 0.0184 e. The van der Waals surface area contributed by atoms with Gasteiger partial charge in [0.25, 0.3) is 0 Å². The first-order valence-electron chi connectivity index (χ1n) is 15.3. The molecule has 0 nitrogen and oxygen atoms in total. The maximum Gasteiger partial charge on any atom is -0.0184 e. The first-order chi connectivity index (χ1) is 20.2. The SMILES string of the molecule is [C-]1=CC=CC1.[Cl-].[Cl-].[Ti+2]=[C]1C2CC3CC(C2)CC1C3.[c-]1cc(-c2ccccc2)cc2c1Cc1ccc(-c3ccccc3)cc1-2. The van der Waals surface area contributed by atoms with Crippen molar-refractivity contribution in [2.24, 2.45) is 23.7 Å². The van der Waals surface area contributed by atoms with Crippen LogP contribution in [0.5, 0.6) is 0 Å². The van der Waals surface area contributed by atoms with E-state index in [1.165, 1.54) is 44.5 Å². The fourth-order valence-corrected chi connectivity index (χ4v) is 8.46. The van der Waals surface area contributed by atoms with E-state index in [4.69, 9.17) is 0 Å². The number of allylic oxidation sites excluding steroid dienone is 4. The molecule has 0 radical (unpaired) electrons. The minimum atomic E-state index is 0. The van der Waals surface area contributed by atoms with Crippen LogP contribution in [0.15, 0.2) is 109 Å².